The van der Waals surface area contributed by atoms with Gasteiger partial charge >= 0.3 is 0 Å². The number of halogens is 1. The lowest BCUT2D eigenvalue weighted by Crippen LogP contribution is -2.03. The Balaban J connectivity index is 2.05. The molecule has 1 aliphatic carbocycles. The number of benzene rings is 1. The minimum absolute atomic E-state index is 0.577. The maximum Gasteiger partial charge on any atom is 0.147 e. The van der Waals surface area contributed by atoms with Crippen molar-refractivity contribution in [2.45, 2.75) is 38.0 Å². The molecular weight excluding hydrogens is 266 g/mol. The number of rotatable bonds is 1. The van der Waals surface area contributed by atoms with E-state index in [1.165, 1.54) is 37.5 Å². The second-order valence-electron chi connectivity index (χ2n) is 4.54. The molecule has 1 saturated carbocycles. The Morgan fingerprint density at radius 1 is 1.19 bits per heavy atom. The summed E-state index contributed by atoms with van der Waals surface area (Å²) in [7, 11) is 0. The molecule has 0 saturated heterocycles. The van der Waals surface area contributed by atoms with E-state index in [0.29, 0.717) is 5.92 Å². The monoisotopic (exact) mass is 279 g/mol. The molecular formula is C13H14BrNO. The summed E-state index contributed by atoms with van der Waals surface area (Å²) in [6, 6.07) is 6.14. The lowest BCUT2D eigenvalue weighted by Gasteiger charge is -2.18. The molecule has 1 aromatic heterocycles. The molecule has 0 unspecified atom stereocenters. The predicted octanol–water partition coefficient (Wildman–Crippen LogP) is 4.64. The van der Waals surface area contributed by atoms with Gasteiger partial charge in [-0.15, -0.1) is 0 Å². The Kier molecular flexibility index (Phi) is 2.72. The van der Waals surface area contributed by atoms with Crippen LogP contribution in [0.4, 0.5) is 0 Å². The second kappa shape index (κ2) is 4.21. The van der Waals surface area contributed by atoms with Gasteiger partial charge in [-0.05, 0) is 31.0 Å². The lowest BCUT2D eigenvalue weighted by atomic mass is 9.86. The summed E-state index contributed by atoms with van der Waals surface area (Å²) >= 11 is 3.51. The average molecular weight is 280 g/mol. The Hall–Kier alpha value is -0.830. The highest BCUT2D eigenvalue weighted by Crippen LogP contribution is 2.36. The van der Waals surface area contributed by atoms with Crippen molar-refractivity contribution in [3.63, 3.8) is 0 Å². The highest BCUT2D eigenvalue weighted by Gasteiger charge is 2.22. The number of fused-ring (bicyclic) bond motifs is 1. The van der Waals surface area contributed by atoms with Crippen molar-refractivity contribution in [3.8, 4) is 0 Å². The van der Waals surface area contributed by atoms with Gasteiger partial charge in [0.25, 0.3) is 0 Å². The molecule has 1 aromatic carbocycles. The Morgan fingerprint density at radius 2 is 2.00 bits per heavy atom. The molecule has 0 N–H and O–H groups in total. The zero-order valence-corrected chi connectivity index (χ0v) is 10.7. The molecule has 2 aromatic rings. The minimum Gasteiger partial charge on any atom is -0.360 e. The summed E-state index contributed by atoms with van der Waals surface area (Å²) in [5, 5.41) is 5.32. The summed E-state index contributed by atoms with van der Waals surface area (Å²) < 4.78 is 6.64. The third-order valence-corrected chi connectivity index (χ3v) is 3.94. The number of hydrogen-bond acceptors (Lipinski definition) is 2. The lowest BCUT2D eigenvalue weighted by molar-refractivity contribution is 0.326. The van der Waals surface area contributed by atoms with Crippen LogP contribution in [0.5, 0.6) is 0 Å². The first-order chi connectivity index (χ1) is 7.84. The van der Waals surface area contributed by atoms with Crippen molar-refractivity contribution in [1.82, 2.24) is 5.16 Å². The first-order valence-electron chi connectivity index (χ1n) is 5.89. The molecule has 2 nitrogen and oxygen atoms in total. The third-order valence-electron chi connectivity index (χ3n) is 3.44. The van der Waals surface area contributed by atoms with Crippen LogP contribution in [0, 0.1) is 0 Å². The van der Waals surface area contributed by atoms with Crippen LogP contribution in [0.3, 0.4) is 0 Å². The molecule has 0 radical (unpaired) electrons. The van der Waals surface area contributed by atoms with Gasteiger partial charge < -0.3 is 4.52 Å². The van der Waals surface area contributed by atoms with Crippen LogP contribution in [-0.4, -0.2) is 5.16 Å². The van der Waals surface area contributed by atoms with Crippen LogP contribution in [0.15, 0.2) is 27.2 Å². The molecule has 1 fully saturated rings. The zero-order chi connectivity index (χ0) is 11.0. The summed E-state index contributed by atoms with van der Waals surface area (Å²) in [5.41, 5.74) is 0.976. The van der Waals surface area contributed by atoms with E-state index in [-0.39, 0.29) is 0 Å². The predicted molar refractivity (Wildman–Crippen MR) is 67.5 cm³/mol. The van der Waals surface area contributed by atoms with Crippen molar-refractivity contribution in [2.24, 2.45) is 0 Å². The topological polar surface area (TPSA) is 26.0 Å². The molecule has 0 amide bonds. The van der Waals surface area contributed by atoms with Crippen molar-refractivity contribution >= 4 is 26.8 Å². The molecule has 0 aliphatic heterocycles. The first kappa shape index (κ1) is 10.3. The van der Waals surface area contributed by atoms with E-state index < -0.39 is 0 Å². The summed E-state index contributed by atoms with van der Waals surface area (Å²) in [6.45, 7) is 0. The molecule has 3 rings (SSSR count). The molecule has 0 atom stereocenters. The van der Waals surface area contributed by atoms with Crippen LogP contribution in [0.2, 0.25) is 0 Å². The highest BCUT2D eigenvalue weighted by molar-refractivity contribution is 9.10. The van der Waals surface area contributed by atoms with Gasteiger partial charge in [0, 0.05) is 15.8 Å². The Labute approximate surface area is 103 Å². The Bertz CT molecular complexity index is 500. The highest BCUT2D eigenvalue weighted by atomic mass is 79.9. The number of nitrogens with zero attached hydrogens (tertiary/aromatic N) is 1. The maximum atomic E-state index is 5.54. The van der Waals surface area contributed by atoms with Crippen LogP contribution < -0.4 is 0 Å². The van der Waals surface area contributed by atoms with E-state index in [1.807, 2.05) is 12.1 Å². The van der Waals surface area contributed by atoms with Gasteiger partial charge in [-0.1, -0.05) is 40.3 Å². The minimum atomic E-state index is 0.577. The molecule has 16 heavy (non-hydrogen) atoms. The van der Waals surface area contributed by atoms with Crippen molar-refractivity contribution in [3.05, 3.63) is 28.4 Å². The van der Waals surface area contributed by atoms with Crippen LogP contribution in [-0.2, 0) is 0 Å². The van der Waals surface area contributed by atoms with Gasteiger partial charge in [-0.2, -0.15) is 0 Å². The Morgan fingerprint density at radius 3 is 2.81 bits per heavy atom. The largest absolute Gasteiger partial charge is 0.360 e. The van der Waals surface area contributed by atoms with E-state index in [4.69, 9.17) is 4.52 Å². The van der Waals surface area contributed by atoms with Crippen LogP contribution >= 0.6 is 15.9 Å². The van der Waals surface area contributed by atoms with Gasteiger partial charge in [0.1, 0.15) is 11.3 Å². The van der Waals surface area contributed by atoms with E-state index >= 15 is 0 Å². The fraction of sp³-hybridized carbons (Fsp3) is 0.462. The smallest absolute Gasteiger partial charge is 0.147 e. The van der Waals surface area contributed by atoms with E-state index in [1.54, 1.807) is 0 Å². The zero-order valence-electron chi connectivity index (χ0n) is 9.08. The van der Waals surface area contributed by atoms with Crippen molar-refractivity contribution < 1.29 is 4.52 Å². The first-order valence-corrected chi connectivity index (χ1v) is 6.69. The van der Waals surface area contributed by atoms with E-state index in [0.717, 1.165) is 15.7 Å². The average Bonchev–Trinajstić information content (AvgIpc) is 2.73. The molecule has 1 aliphatic rings. The number of aromatic nitrogens is 1. The quantitative estimate of drug-likeness (QED) is 0.760. The number of hydrogen-bond donors (Lipinski definition) is 0. The van der Waals surface area contributed by atoms with E-state index in [9.17, 15) is 0 Å². The van der Waals surface area contributed by atoms with Gasteiger partial charge in [0.2, 0.25) is 0 Å². The van der Waals surface area contributed by atoms with E-state index in [2.05, 4.69) is 27.2 Å². The summed E-state index contributed by atoms with van der Waals surface area (Å²) in [4.78, 5) is 0. The fourth-order valence-corrected chi connectivity index (χ4v) is 2.95. The van der Waals surface area contributed by atoms with Gasteiger partial charge in [-0.3, -0.25) is 0 Å². The fourth-order valence-electron chi connectivity index (χ4n) is 2.59. The summed E-state index contributed by atoms with van der Waals surface area (Å²) in [6.07, 6.45) is 6.50. The van der Waals surface area contributed by atoms with Crippen molar-refractivity contribution in [1.29, 1.82) is 0 Å². The maximum absolute atomic E-state index is 5.54. The molecule has 1 heterocycles. The third kappa shape index (κ3) is 1.77. The molecule has 84 valence electrons. The van der Waals surface area contributed by atoms with Crippen LogP contribution in [0.25, 0.3) is 10.9 Å². The summed E-state index contributed by atoms with van der Waals surface area (Å²) in [5.74, 6) is 1.67. The van der Waals surface area contributed by atoms with Gasteiger partial charge in [-0.25, -0.2) is 0 Å². The van der Waals surface area contributed by atoms with Gasteiger partial charge in [0.05, 0.1) is 0 Å². The normalized spacial score (nSPS) is 18.1. The SMILES string of the molecule is Brc1ccc2noc(C3CCCCC3)c2c1. The van der Waals surface area contributed by atoms with Crippen LogP contribution in [0.1, 0.15) is 43.8 Å². The standard InChI is InChI=1S/C13H14BrNO/c14-10-6-7-12-11(8-10)13(16-15-12)9-4-2-1-3-5-9/h6-9H,1-5H2. The second-order valence-corrected chi connectivity index (χ2v) is 5.46. The van der Waals surface area contributed by atoms with Gasteiger partial charge in [0.15, 0.2) is 0 Å². The molecule has 0 spiro atoms. The van der Waals surface area contributed by atoms with Crippen molar-refractivity contribution in [2.75, 3.05) is 0 Å². The molecule has 3 heteroatoms. The molecule has 0 bridgehead atoms.